The molecule has 0 aliphatic rings. The molecule has 2 aromatic rings. The van der Waals surface area contributed by atoms with Crippen molar-refractivity contribution < 1.29 is 14.3 Å². The number of carbonyl (C=O) groups excluding carboxylic acids is 2. The maximum atomic E-state index is 12.2. The van der Waals surface area contributed by atoms with Gasteiger partial charge in [-0.05, 0) is 50.3 Å². The summed E-state index contributed by atoms with van der Waals surface area (Å²) in [6.07, 6.45) is 1.07. The van der Waals surface area contributed by atoms with Crippen LogP contribution in [0.15, 0.2) is 29.1 Å². The van der Waals surface area contributed by atoms with Gasteiger partial charge in [0, 0.05) is 12.1 Å². The van der Waals surface area contributed by atoms with Gasteiger partial charge < -0.3 is 15.0 Å². The van der Waals surface area contributed by atoms with Crippen molar-refractivity contribution in [1.82, 2.24) is 10.3 Å². The number of pyridine rings is 1. The third-order valence-electron chi connectivity index (χ3n) is 5.09. The van der Waals surface area contributed by atoms with Crippen LogP contribution >= 0.6 is 0 Å². The summed E-state index contributed by atoms with van der Waals surface area (Å²) in [6.45, 7) is 7.03. The van der Waals surface area contributed by atoms with Crippen LogP contribution in [0.1, 0.15) is 59.3 Å². The first-order chi connectivity index (χ1) is 14.3. The molecule has 0 saturated carbocycles. The lowest BCUT2D eigenvalue weighted by atomic mass is 9.99. The zero-order chi connectivity index (χ0) is 22.3. The molecule has 1 aromatic carbocycles. The van der Waals surface area contributed by atoms with Crippen LogP contribution in [0.25, 0.3) is 0 Å². The summed E-state index contributed by atoms with van der Waals surface area (Å²) in [5.74, 6) is -0.879. The summed E-state index contributed by atoms with van der Waals surface area (Å²) in [5.41, 5.74) is 3.67. The van der Waals surface area contributed by atoms with Crippen molar-refractivity contribution in [1.29, 1.82) is 5.26 Å². The molecule has 1 aromatic heterocycles. The Kier molecular flexibility index (Phi) is 7.93. The molecular weight excluding hydrogens is 382 g/mol. The molecule has 0 aliphatic heterocycles. The molecule has 0 saturated heterocycles. The van der Waals surface area contributed by atoms with Gasteiger partial charge in [0.1, 0.15) is 11.6 Å². The zero-order valence-electron chi connectivity index (χ0n) is 17.8. The van der Waals surface area contributed by atoms with Crippen molar-refractivity contribution in [3.05, 3.63) is 68.1 Å². The number of aromatic nitrogens is 1. The number of hydrogen-bond donors (Lipinski definition) is 2. The van der Waals surface area contributed by atoms with Gasteiger partial charge in [0.2, 0.25) is 0 Å². The molecule has 158 valence electrons. The first-order valence-electron chi connectivity index (χ1n) is 9.90. The van der Waals surface area contributed by atoms with E-state index >= 15 is 0 Å². The predicted molar refractivity (Wildman–Crippen MR) is 113 cm³/mol. The van der Waals surface area contributed by atoms with Crippen molar-refractivity contribution in [3.8, 4) is 6.07 Å². The van der Waals surface area contributed by atoms with Crippen LogP contribution in [0, 0.1) is 32.1 Å². The number of rotatable bonds is 8. The minimum absolute atomic E-state index is 0.0427. The van der Waals surface area contributed by atoms with Gasteiger partial charge in [-0.15, -0.1) is 0 Å². The second-order valence-corrected chi connectivity index (χ2v) is 7.27. The summed E-state index contributed by atoms with van der Waals surface area (Å²) in [5, 5.41) is 12.0. The molecule has 0 aliphatic carbocycles. The number of nitrogens with one attached hydrogen (secondary N) is 2. The van der Waals surface area contributed by atoms with E-state index < -0.39 is 11.5 Å². The maximum Gasteiger partial charge on any atom is 0.306 e. The van der Waals surface area contributed by atoms with Gasteiger partial charge in [-0.3, -0.25) is 14.4 Å². The second kappa shape index (κ2) is 10.4. The van der Waals surface area contributed by atoms with Crippen LogP contribution in [-0.2, 0) is 20.7 Å². The van der Waals surface area contributed by atoms with Crippen molar-refractivity contribution in [2.75, 3.05) is 6.61 Å². The van der Waals surface area contributed by atoms with E-state index in [4.69, 9.17) is 10.00 Å². The summed E-state index contributed by atoms with van der Waals surface area (Å²) in [6, 6.07) is 9.66. The van der Waals surface area contributed by atoms with Gasteiger partial charge in [0.15, 0.2) is 6.61 Å². The highest BCUT2D eigenvalue weighted by atomic mass is 16.5. The minimum Gasteiger partial charge on any atom is -0.456 e. The fourth-order valence-corrected chi connectivity index (χ4v) is 3.32. The summed E-state index contributed by atoms with van der Waals surface area (Å²) >= 11 is 0. The molecule has 7 nitrogen and oxygen atoms in total. The van der Waals surface area contributed by atoms with E-state index in [2.05, 4.69) is 10.3 Å². The number of carbonyl (C=O) groups is 2. The van der Waals surface area contributed by atoms with Crippen LogP contribution in [0.4, 0.5) is 0 Å². The molecule has 0 unspecified atom stereocenters. The number of aryl methyl sites for hydroxylation is 2. The molecule has 2 N–H and O–H groups in total. The Morgan fingerprint density at radius 2 is 1.87 bits per heavy atom. The van der Waals surface area contributed by atoms with Gasteiger partial charge in [-0.2, -0.15) is 5.26 Å². The Labute approximate surface area is 176 Å². The third-order valence-corrected chi connectivity index (χ3v) is 5.09. The predicted octanol–water partition coefficient (Wildman–Crippen LogP) is 2.92. The van der Waals surface area contributed by atoms with Gasteiger partial charge in [-0.25, -0.2) is 0 Å². The fourth-order valence-electron chi connectivity index (χ4n) is 3.32. The fraction of sp³-hybridized carbons (Fsp3) is 0.391. The SMILES string of the molecule is CC[C@H](NC(=O)COC(=O)CCc1c(C)[nH]c(=O)c(C#N)c1C)c1ccc(C)cc1. The lowest BCUT2D eigenvalue weighted by Crippen LogP contribution is -2.32. The average molecular weight is 409 g/mol. The minimum atomic E-state index is -0.517. The largest absolute Gasteiger partial charge is 0.456 e. The van der Waals surface area contributed by atoms with Crippen LogP contribution < -0.4 is 10.9 Å². The Hall–Kier alpha value is -3.40. The highest BCUT2D eigenvalue weighted by Gasteiger charge is 2.16. The molecule has 2 rings (SSSR count). The molecule has 0 spiro atoms. The number of ether oxygens (including phenoxy) is 1. The van der Waals surface area contributed by atoms with Crippen molar-refractivity contribution >= 4 is 11.9 Å². The normalized spacial score (nSPS) is 11.4. The Balaban J connectivity index is 1.89. The van der Waals surface area contributed by atoms with Crippen LogP contribution in [0.5, 0.6) is 0 Å². The number of H-pyrrole nitrogens is 1. The Morgan fingerprint density at radius 3 is 2.47 bits per heavy atom. The van der Waals surface area contributed by atoms with E-state index in [1.807, 2.05) is 44.2 Å². The van der Waals surface area contributed by atoms with Crippen LogP contribution in [0.2, 0.25) is 0 Å². The highest BCUT2D eigenvalue weighted by molar-refractivity contribution is 5.81. The third kappa shape index (κ3) is 5.80. The smallest absolute Gasteiger partial charge is 0.306 e. The van der Waals surface area contributed by atoms with E-state index in [-0.39, 0.29) is 30.5 Å². The molecular formula is C23H27N3O4. The molecule has 30 heavy (non-hydrogen) atoms. The number of nitrogens with zero attached hydrogens (tertiary/aromatic N) is 1. The van der Waals surface area contributed by atoms with Gasteiger partial charge in [0.05, 0.1) is 6.04 Å². The summed E-state index contributed by atoms with van der Waals surface area (Å²) in [4.78, 5) is 38.7. The summed E-state index contributed by atoms with van der Waals surface area (Å²) < 4.78 is 5.10. The zero-order valence-corrected chi connectivity index (χ0v) is 17.8. The van der Waals surface area contributed by atoms with Crippen molar-refractivity contribution in [2.24, 2.45) is 0 Å². The molecule has 1 heterocycles. The van der Waals surface area contributed by atoms with E-state index in [0.29, 0.717) is 17.7 Å². The van der Waals surface area contributed by atoms with E-state index in [0.717, 1.165) is 23.1 Å². The van der Waals surface area contributed by atoms with E-state index in [9.17, 15) is 14.4 Å². The standard InChI is InChI=1S/C23H27N3O4/c1-5-20(17-8-6-14(2)7-9-17)26-21(27)13-30-22(28)11-10-18-15(3)19(12-24)23(29)25-16(18)4/h6-9,20H,5,10-11,13H2,1-4H3,(H,25,29)(H,26,27)/t20-/m0/s1. The summed E-state index contributed by atoms with van der Waals surface area (Å²) in [7, 11) is 0. The van der Waals surface area contributed by atoms with Crippen molar-refractivity contribution in [2.45, 2.75) is 53.0 Å². The second-order valence-electron chi connectivity index (χ2n) is 7.27. The number of hydrogen-bond acceptors (Lipinski definition) is 5. The van der Waals surface area contributed by atoms with Crippen LogP contribution in [0.3, 0.4) is 0 Å². The maximum absolute atomic E-state index is 12.2. The van der Waals surface area contributed by atoms with Gasteiger partial charge >= 0.3 is 5.97 Å². The number of esters is 1. The highest BCUT2D eigenvalue weighted by Crippen LogP contribution is 2.17. The lowest BCUT2D eigenvalue weighted by Gasteiger charge is -2.17. The molecule has 0 radical (unpaired) electrons. The quantitative estimate of drug-likeness (QED) is 0.651. The first kappa shape index (κ1) is 22.9. The molecule has 1 atom stereocenters. The Bertz CT molecular complexity index is 1020. The topological polar surface area (TPSA) is 112 Å². The molecule has 7 heteroatoms. The number of nitriles is 1. The number of amides is 1. The molecule has 0 fully saturated rings. The van der Waals surface area contributed by atoms with Crippen molar-refractivity contribution in [3.63, 3.8) is 0 Å². The number of benzene rings is 1. The van der Waals surface area contributed by atoms with E-state index in [1.165, 1.54) is 0 Å². The number of aromatic amines is 1. The Morgan fingerprint density at radius 1 is 1.20 bits per heavy atom. The lowest BCUT2D eigenvalue weighted by molar-refractivity contribution is -0.148. The van der Waals surface area contributed by atoms with Gasteiger partial charge in [0.25, 0.3) is 11.5 Å². The van der Waals surface area contributed by atoms with Crippen LogP contribution in [-0.4, -0.2) is 23.5 Å². The molecule has 0 bridgehead atoms. The molecule has 1 amide bonds. The monoisotopic (exact) mass is 409 g/mol. The van der Waals surface area contributed by atoms with Gasteiger partial charge in [-0.1, -0.05) is 36.8 Å². The van der Waals surface area contributed by atoms with E-state index in [1.54, 1.807) is 13.8 Å². The average Bonchev–Trinajstić information content (AvgIpc) is 2.71. The first-order valence-corrected chi connectivity index (χ1v) is 9.90.